The molecule has 0 bridgehead atoms. The first-order valence-corrected chi connectivity index (χ1v) is 10.4. The molecule has 0 saturated heterocycles. The summed E-state index contributed by atoms with van der Waals surface area (Å²) in [5.74, 6) is 0.979. The van der Waals surface area contributed by atoms with Crippen LogP contribution >= 0.6 is 11.6 Å². The Kier molecular flexibility index (Phi) is 5.95. The lowest BCUT2D eigenvalue weighted by molar-refractivity contribution is 0.00699. The number of nitrogens with one attached hydrogen (secondary N) is 1. The van der Waals surface area contributed by atoms with Crippen molar-refractivity contribution in [2.24, 2.45) is 0 Å². The van der Waals surface area contributed by atoms with Crippen LogP contribution in [0.1, 0.15) is 18.9 Å². The molecular weight excluding hydrogens is 390 g/mol. The summed E-state index contributed by atoms with van der Waals surface area (Å²) in [6.45, 7) is 2.87. The predicted molar refractivity (Wildman–Crippen MR) is 103 cm³/mol. The van der Waals surface area contributed by atoms with E-state index in [1.54, 1.807) is 31.2 Å². The summed E-state index contributed by atoms with van der Waals surface area (Å²) in [5.41, 5.74) is -0.0950. The van der Waals surface area contributed by atoms with Gasteiger partial charge in [-0.1, -0.05) is 23.7 Å². The van der Waals surface area contributed by atoms with E-state index < -0.39 is 15.6 Å². The molecule has 0 saturated carbocycles. The molecule has 0 fully saturated rings. The second-order valence-corrected chi connectivity index (χ2v) is 8.63. The Hall–Kier alpha value is -1.80. The number of sulfonamides is 1. The molecule has 0 aromatic heterocycles. The minimum absolute atomic E-state index is 0.0423. The first-order valence-electron chi connectivity index (χ1n) is 8.55. The van der Waals surface area contributed by atoms with E-state index in [9.17, 15) is 8.42 Å². The fourth-order valence-corrected chi connectivity index (χ4v) is 4.07. The van der Waals surface area contributed by atoms with E-state index >= 15 is 0 Å². The third-order valence-corrected chi connectivity index (χ3v) is 6.15. The number of rotatable bonds is 6. The highest BCUT2D eigenvalue weighted by Crippen LogP contribution is 2.32. The number of hydrogen-bond donors (Lipinski definition) is 1. The zero-order chi connectivity index (χ0) is 19.5. The standard InChI is InChI=1S/C19H22ClNO5S/c1-19(24-2,14-5-3-6-15(20)11-14)13-21-27(22,23)16-7-8-17-18(12-16)26-10-4-9-25-17/h3,5-8,11-12,21H,4,9-10,13H2,1-2H3/t19-/m1/s1. The normalized spacial score (nSPS) is 16.4. The minimum atomic E-state index is -3.77. The van der Waals surface area contributed by atoms with Crippen LogP contribution in [-0.2, 0) is 20.4 Å². The summed E-state index contributed by atoms with van der Waals surface area (Å²) in [6.07, 6.45) is 0.751. The number of benzene rings is 2. The zero-order valence-corrected chi connectivity index (χ0v) is 16.8. The van der Waals surface area contributed by atoms with Crippen LogP contribution in [-0.4, -0.2) is 35.3 Å². The van der Waals surface area contributed by atoms with E-state index in [2.05, 4.69) is 4.72 Å². The highest BCUT2D eigenvalue weighted by molar-refractivity contribution is 7.89. The van der Waals surface area contributed by atoms with Gasteiger partial charge in [-0.25, -0.2) is 13.1 Å². The molecule has 1 heterocycles. The second kappa shape index (κ2) is 8.06. The van der Waals surface area contributed by atoms with Crippen LogP contribution in [0.3, 0.4) is 0 Å². The van der Waals surface area contributed by atoms with Crippen LogP contribution in [0.25, 0.3) is 0 Å². The van der Waals surface area contributed by atoms with E-state index in [1.807, 2.05) is 6.07 Å². The van der Waals surface area contributed by atoms with Crippen LogP contribution in [0.15, 0.2) is 47.4 Å². The molecule has 0 radical (unpaired) electrons. The molecule has 146 valence electrons. The highest BCUT2D eigenvalue weighted by atomic mass is 35.5. The molecule has 2 aromatic rings. The summed E-state index contributed by atoms with van der Waals surface area (Å²) < 4.78 is 44.9. The Morgan fingerprint density at radius 1 is 1.15 bits per heavy atom. The van der Waals surface area contributed by atoms with Crippen LogP contribution in [0, 0.1) is 0 Å². The van der Waals surface area contributed by atoms with Crippen molar-refractivity contribution in [2.75, 3.05) is 26.9 Å². The van der Waals surface area contributed by atoms with Gasteiger partial charge in [-0.3, -0.25) is 0 Å². The third-order valence-electron chi connectivity index (χ3n) is 4.51. The molecule has 0 amide bonds. The lowest BCUT2D eigenvalue weighted by Gasteiger charge is -2.29. The molecule has 8 heteroatoms. The molecule has 2 aromatic carbocycles. The van der Waals surface area contributed by atoms with Crippen molar-refractivity contribution in [2.45, 2.75) is 23.8 Å². The van der Waals surface area contributed by atoms with Gasteiger partial charge in [-0.05, 0) is 36.8 Å². The van der Waals surface area contributed by atoms with Gasteiger partial charge in [0.25, 0.3) is 0 Å². The van der Waals surface area contributed by atoms with E-state index in [-0.39, 0.29) is 11.4 Å². The summed E-state index contributed by atoms with van der Waals surface area (Å²) in [4.78, 5) is 0.108. The van der Waals surface area contributed by atoms with Gasteiger partial charge in [-0.2, -0.15) is 0 Å². The molecule has 0 spiro atoms. The van der Waals surface area contributed by atoms with Gasteiger partial charge in [-0.15, -0.1) is 0 Å². The Labute approximate surface area is 164 Å². The van der Waals surface area contributed by atoms with Crippen LogP contribution in [0.5, 0.6) is 11.5 Å². The van der Waals surface area contributed by atoms with Gasteiger partial charge in [0.2, 0.25) is 10.0 Å². The van der Waals surface area contributed by atoms with Gasteiger partial charge in [0.05, 0.1) is 18.1 Å². The van der Waals surface area contributed by atoms with E-state index in [0.717, 1.165) is 12.0 Å². The Balaban J connectivity index is 1.81. The first-order chi connectivity index (χ1) is 12.8. The average molecular weight is 412 g/mol. The van der Waals surface area contributed by atoms with Gasteiger partial charge < -0.3 is 14.2 Å². The highest BCUT2D eigenvalue weighted by Gasteiger charge is 2.29. The largest absolute Gasteiger partial charge is 0.490 e. The van der Waals surface area contributed by atoms with Crippen molar-refractivity contribution in [1.82, 2.24) is 4.72 Å². The fourth-order valence-electron chi connectivity index (χ4n) is 2.74. The van der Waals surface area contributed by atoms with Crippen LogP contribution in [0.2, 0.25) is 5.02 Å². The molecule has 0 unspecified atom stereocenters. The van der Waals surface area contributed by atoms with Gasteiger partial charge in [0.1, 0.15) is 5.60 Å². The Morgan fingerprint density at radius 2 is 1.89 bits per heavy atom. The van der Waals surface area contributed by atoms with Crippen LogP contribution < -0.4 is 14.2 Å². The molecule has 0 aliphatic carbocycles. The van der Waals surface area contributed by atoms with Crippen molar-refractivity contribution in [1.29, 1.82) is 0 Å². The second-order valence-electron chi connectivity index (χ2n) is 6.43. The molecule has 1 atom stereocenters. The lowest BCUT2D eigenvalue weighted by Crippen LogP contribution is -2.40. The molecule has 27 heavy (non-hydrogen) atoms. The average Bonchev–Trinajstić information content (AvgIpc) is 2.91. The smallest absolute Gasteiger partial charge is 0.240 e. The van der Waals surface area contributed by atoms with Crippen molar-refractivity contribution < 1.29 is 22.6 Å². The summed E-state index contributed by atoms with van der Waals surface area (Å²) in [5, 5.41) is 0.557. The monoisotopic (exact) mass is 411 g/mol. The maximum Gasteiger partial charge on any atom is 0.240 e. The SMILES string of the molecule is CO[C@](C)(CNS(=O)(=O)c1ccc2c(c1)OCCCO2)c1cccc(Cl)c1. The summed E-state index contributed by atoms with van der Waals surface area (Å²) >= 11 is 6.05. The van der Waals surface area contributed by atoms with E-state index in [0.29, 0.717) is 29.7 Å². The van der Waals surface area contributed by atoms with E-state index in [1.165, 1.54) is 19.2 Å². The molecule has 3 rings (SSSR count). The number of ether oxygens (including phenoxy) is 3. The number of methoxy groups -OCH3 is 1. The summed E-state index contributed by atoms with van der Waals surface area (Å²) in [7, 11) is -2.24. The fraction of sp³-hybridized carbons (Fsp3) is 0.368. The third kappa shape index (κ3) is 4.55. The van der Waals surface area contributed by atoms with Gasteiger partial charge in [0, 0.05) is 31.2 Å². The van der Waals surface area contributed by atoms with Crippen molar-refractivity contribution in [3.05, 3.63) is 53.1 Å². The lowest BCUT2D eigenvalue weighted by atomic mass is 9.96. The Bertz CT molecular complexity index is 918. The molecule has 1 N–H and O–H groups in total. The van der Waals surface area contributed by atoms with Gasteiger partial charge >= 0.3 is 0 Å². The summed E-state index contributed by atoms with van der Waals surface area (Å²) in [6, 6.07) is 11.7. The zero-order valence-electron chi connectivity index (χ0n) is 15.2. The molecule has 1 aliphatic rings. The quantitative estimate of drug-likeness (QED) is 0.789. The first kappa shape index (κ1) is 19.9. The van der Waals surface area contributed by atoms with E-state index in [4.69, 9.17) is 25.8 Å². The van der Waals surface area contributed by atoms with Gasteiger partial charge in [0.15, 0.2) is 11.5 Å². The van der Waals surface area contributed by atoms with Crippen LogP contribution in [0.4, 0.5) is 0 Å². The number of fused-ring (bicyclic) bond motifs is 1. The van der Waals surface area contributed by atoms with Crippen molar-refractivity contribution >= 4 is 21.6 Å². The maximum absolute atomic E-state index is 12.8. The maximum atomic E-state index is 12.8. The Morgan fingerprint density at radius 3 is 2.59 bits per heavy atom. The number of halogens is 1. The topological polar surface area (TPSA) is 73.9 Å². The van der Waals surface area contributed by atoms with Crippen molar-refractivity contribution in [3.8, 4) is 11.5 Å². The number of hydrogen-bond acceptors (Lipinski definition) is 5. The molecule has 6 nitrogen and oxygen atoms in total. The minimum Gasteiger partial charge on any atom is -0.490 e. The molecular formula is C19H22ClNO5S. The van der Waals surface area contributed by atoms with Crippen molar-refractivity contribution in [3.63, 3.8) is 0 Å². The molecule has 1 aliphatic heterocycles. The predicted octanol–water partition coefficient (Wildman–Crippen LogP) is 3.34.